The molecule has 5 heteroatoms. The molecule has 0 radical (unpaired) electrons. The molecule has 0 bridgehead atoms. The van der Waals surface area contributed by atoms with E-state index in [9.17, 15) is 4.79 Å². The summed E-state index contributed by atoms with van der Waals surface area (Å²) in [6, 6.07) is 1.90. The lowest BCUT2D eigenvalue weighted by Crippen LogP contribution is -2.29. The number of H-pyrrole nitrogens is 1. The molecule has 19 heavy (non-hydrogen) atoms. The van der Waals surface area contributed by atoms with Gasteiger partial charge in [-0.05, 0) is 12.8 Å². The number of ether oxygens (including phenoxy) is 1. The van der Waals surface area contributed by atoms with Crippen LogP contribution in [0.2, 0.25) is 0 Å². The Labute approximate surface area is 114 Å². The van der Waals surface area contributed by atoms with Gasteiger partial charge in [-0.25, -0.2) is 0 Å². The molecule has 0 aliphatic carbocycles. The summed E-state index contributed by atoms with van der Waals surface area (Å²) in [5.74, 6) is 0.549. The highest BCUT2D eigenvalue weighted by Crippen LogP contribution is 2.26. The van der Waals surface area contributed by atoms with Crippen molar-refractivity contribution in [1.82, 2.24) is 10.2 Å². The fourth-order valence-electron chi connectivity index (χ4n) is 2.34. The summed E-state index contributed by atoms with van der Waals surface area (Å²) in [6.07, 6.45) is 1.70. The molecule has 0 saturated carbocycles. The van der Waals surface area contributed by atoms with Crippen molar-refractivity contribution < 1.29 is 9.53 Å². The molecule has 1 amide bonds. The maximum atomic E-state index is 12.2. The molecule has 2 rings (SSSR count). The molecule has 2 atom stereocenters. The zero-order chi connectivity index (χ0) is 14.0. The minimum absolute atomic E-state index is 0.00159. The standard InChI is InChI=1S/C14H23N3O2/c1-5-10-9(6-7-19-10)13(18)15-12-8-11(16-17-12)14(2,3)4/h8-10H,5-7H2,1-4H3,(H2,15,16,17,18). The first-order chi connectivity index (χ1) is 8.91. The van der Waals surface area contributed by atoms with Gasteiger partial charge in [-0.15, -0.1) is 0 Å². The molecule has 1 saturated heterocycles. The van der Waals surface area contributed by atoms with Crippen molar-refractivity contribution in [3.8, 4) is 0 Å². The van der Waals surface area contributed by atoms with Crippen molar-refractivity contribution in [3.05, 3.63) is 11.8 Å². The Balaban J connectivity index is 2.01. The van der Waals surface area contributed by atoms with Crippen LogP contribution in [0.1, 0.15) is 46.2 Å². The molecular formula is C14H23N3O2. The van der Waals surface area contributed by atoms with E-state index in [1.807, 2.05) is 13.0 Å². The first-order valence-corrected chi connectivity index (χ1v) is 6.90. The Morgan fingerprint density at radius 1 is 1.58 bits per heavy atom. The lowest BCUT2D eigenvalue weighted by Gasteiger charge is -2.16. The van der Waals surface area contributed by atoms with Gasteiger partial charge in [0, 0.05) is 23.8 Å². The van der Waals surface area contributed by atoms with Crippen molar-refractivity contribution in [1.29, 1.82) is 0 Å². The molecule has 5 nitrogen and oxygen atoms in total. The van der Waals surface area contributed by atoms with Crippen LogP contribution in [0.15, 0.2) is 6.07 Å². The Morgan fingerprint density at radius 2 is 2.32 bits per heavy atom. The van der Waals surface area contributed by atoms with Crippen LogP contribution in [0.25, 0.3) is 0 Å². The summed E-state index contributed by atoms with van der Waals surface area (Å²) in [6.45, 7) is 9.02. The van der Waals surface area contributed by atoms with E-state index in [1.165, 1.54) is 0 Å². The molecule has 1 aliphatic heterocycles. The van der Waals surface area contributed by atoms with Gasteiger partial charge in [0.2, 0.25) is 5.91 Å². The zero-order valence-corrected chi connectivity index (χ0v) is 12.1. The second-order valence-corrected chi connectivity index (χ2v) is 6.12. The number of aromatic amines is 1. The Kier molecular flexibility index (Phi) is 3.94. The van der Waals surface area contributed by atoms with Crippen LogP contribution in [0.4, 0.5) is 5.82 Å². The number of aromatic nitrogens is 2. The van der Waals surface area contributed by atoms with Gasteiger partial charge in [0.25, 0.3) is 0 Å². The Bertz CT molecular complexity index is 448. The highest BCUT2D eigenvalue weighted by molar-refractivity contribution is 5.92. The van der Waals surface area contributed by atoms with E-state index in [4.69, 9.17) is 4.74 Å². The van der Waals surface area contributed by atoms with Crippen LogP contribution >= 0.6 is 0 Å². The number of nitrogens with zero attached hydrogens (tertiary/aromatic N) is 1. The average Bonchev–Trinajstić information content (AvgIpc) is 2.95. The molecule has 0 aromatic carbocycles. The molecule has 2 unspecified atom stereocenters. The van der Waals surface area contributed by atoms with Gasteiger partial charge in [0.05, 0.1) is 12.0 Å². The maximum Gasteiger partial charge on any atom is 0.231 e. The van der Waals surface area contributed by atoms with Gasteiger partial charge in [0.15, 0.2) is 5.82 Å². The predicted octanol–water partition coefficient (Wildman–Crippen LogP) is 2.46. The highest BCUT2D eigenvalue weighted by atomic mass is 16.5. The summed E-state index contributed by atoms with van der Waals surface area (Å²) < 4.78 is 5.54. The predicted molar refractivity (Wildman–Crippen MR) is 74.1 cm³/mol. The fraction of sp³-hybridized carbons (Fsp3) is 0.714. The van der Waals surface area contributed by atoms with Crippen LogP contribution in [-0.4, -0.2) is 28.8 Å². The lowest BCUT2D eigenvalue weighted by atomic mass is 9.92. The topological polar surface area (TPSA) is 67.0 Å². The smallest absolute Gasteiger partial charge is 0.231 e. The van der Waals surface area contributed by atoms with E-state index < -0.39 is 0 Å². The number of carbonyl (C=O) groups excluding carboxylic acids is 1. The monoisotopic (exact) mass is 265 g/mol. The summed E-state index contributed by atoms with van der Waals surface area (Å²) in [5, 5.41) is 10.00. The van der Waals surface area contributed by atoms with Crippen molar-refractivity contribution in [3.63, 3.8) is 0 Å². The van der Waals surface area contributed by atoms with E-state index >= 15 is 0 Å². The second-order valence-electron chi connectivity index (χ2n) is 6.12. The molecule has 0 spiro atoms. The van der Waals surface area contributed by atoms with E-state index in [1.54, 1.807) is 0 Å². The van der Waals surface area contributed by atoms with Gasteiger partial charge in [-0.3, -0.25) is 9.89 Å². The van der Waals surface area contributed by atoms with E-state index in [0.29, 0.717) is 12.4 Å². The molecule has 2 heterocycles. The SMILES string of the molecule is CCC1OCCC1C(=O)Nc1cc(C(C)(C)C)[nH]n1. The van der Waals surface area contributed by atoms with Crippen LogP contribution in [-0.2, 0) is 14.9 Å². The third kappa shape index (κ3) is 3.15. The normalized spacial score (nSPS) is 23.6. The summed E-state index contributed by atoms with van der Waals surface area (Å²) in [7, 11) is 0. The van der Waals surface area contributed by atoms with E-state index in [2.05, 4.69) is 36.3 Å². The molecular weight excluding hydrogens is 242 g/mol. The summed E-state index contributed by atoms with van der Waals surface area (Å²) in [4.78, 5) is 12.2. The third-order valence-electron chi connectivity index (χ3n) is 3.59. The number of rotatable bonds is 3. The summed E-state index contributed by atoms with van der Waals surface area (Å²) in [5.41, 5.74) is 1.01. The van der Waals surface area contributed by atoms with Gasteiger partial charge < -0.3 is 10.1 Å². The van der Waals surface area contributed by atoms with Crippen molar-refractivity contribution in [2.75, 3.05) is 11.9 Å². The minimum Gasteiger partial charge on any atom is -0.377 e. The maximum absolute atomic E-state index is 12.2. The van der Waals surface area contributed by atoms with Gasteiger partial charge >= 0.3 is 0 Å². The number of amides is 1. The fourth-order valence-corrected chi connectivity index (χ4v) is 2.34. The summed E-state index contributed by atoms with van der Waals surface area (Å²) >= 11 is 0. The van der Waals surface area contributed by atoms with Crippen molar-refractivity contribution in [2.24, 2.45) is 5.92 Å². The van der Waals surface area contributed by atoms with Gasteiger partial charge in [0.1, 0.15) is 0 Å². The molecule has 1 aromatic rings. The number of anilines is 1. The van der Waals surface area contributed by atoms with Gasteiger partial charge in [-0.2, -0.15) is 5.10 Å². The van der Waals surface area contributed by atoms with Crippen LogP contribution < -0.4 is 5.32 Å². The zero-order valence-electron chi connectivity index (χ0n) is 12.1. The van der Waals surface area contributed by atoms with Crippen molar-refractivity contribution >= 4 is 11.7 Å². The largest absolute Gasteiger partial charge is 0.377 e. The minimum atomic E-state index is -0.0558. The number of hydrogen-bond acceptors (Lipinski definition) is 3. The molecule has 2 N–H and O–H groups in total. The van der Waals surface area contributed by atoms with E-state index in [0.717, 1.165) is 18.5 Å². The Morgan fingerprint density at radius 3 is 2.89 bits per heavy atom. The number of hydrogen-bond donors (Lipinski definition) is 2. The van der Waals surface area contributed by atoms with Crippen molar-refractivity contribution in [2.45, 2.75) is 52.1 Å². The average molecular weight is 265 g/mol. The highest BCUT2D eigenvalue weighted by Gasteiger charge is 2.33. The molecule has 1 fully saturated rings. The third-order valence-corrected chi connectivity index (χ3v) is 3.59. The van der Waals surface area contributed by atoms with E-state index in [-0.39, 0.29) is 23.3 Å². The first kappa shape index (κ1) is 14.1. The van der Waals surface area contributed by atoms with Crippen LogP contribution in [0.3, 0.4) is 0 Å². The number of carbonyl (C=O) groups is 1. The second kappa shape index (κ2) is 5.33. The molecule has 1 aliphatic rings. The number of nitrogens with one attached hydrogen (secondary N) is 2. The van der Waals surface area contributed by atoms with Crippen LogP contribution in [0, 0.1) is 5.92 Å². The molecule has 1 aromatic heterocycles. The van der Waals surface area contributed by atoms with Crippen LogP contribution in [0.5, 0.6) is 0 Å². The molecule has 106 valence electrons. The lowest BCUT2D eigenvalue weighted by molar-refractivity contribution is -0.121. The quantitative estimate of drug-likeness (QED) is 0.882. The Hall–Kier alpha value is -1.36. The van der Waals surface area contributed by atoms with Gasteiger partial charge in [-0.1, -0.05) is 27.7 Å². The first-order valence-electron chi connectivity index (χ1n) is 6.90.